The molecule has 0 bridgehead atoms. The van der Waals surface area contributed by atoms with Crippen LogP contribution in [0.15, 0.2) is 18.2 Å². The molecule has 1 amide bonds. The number of nitrogens with one attached hydrogen (secondary N) is 1. The van der Waals surface area contributed by atoms with E-state index >= 15 is 0 Å². The van der Waals surface area contributed by atoms with Gasteiger partial charge >= 0.3 is 0 Å². The summed E-state index contributed by atoms with van der Waals surface area (Å²) in [6.45, 7) is 9.93. The van der Waals surface area contributed by atoms with Crippen LogP contribution < -0.4 is 10.1 Å². The molecule has 1 aromatic carbocycles. The number of hydrogen-bond donors (Lipinski definition) is 1. The van der Waals surface area contributed by atoms with E-state index in [-0.39, 0.29) is 12.4 Å². The lowest BCUT2D eigenvalue weighted by Gasteiger charge is -2.34. The van der Waals surface area contributed by atoms with E-state index in [1.54, 1.807) is 0 Å². The van der Waals surface area contributed by atoms with E-state index in [1.807, 2.05) is 0 Å². The van der Waals surface area contributed by atoms with Crippen LogP contribution in [0, 0.1) is 13.8 Å². The maximum absolute atomic E-state index is 12.6. The SMILES string of the molecule is CCCN(C(=O)CCCCOc1cc(C)ccc1C)C1CCNCC1.Cl. The van der Waals surface area contributed by atoms with Crippen molar-refractivity contribution in [1.82, 2.24) is 10.2 Å². The molecule has 0 atom stereocenters. The highest BCUT2D eigenvalue weighted by Crippen LogP contribution is 2.20. The second-order valence-corrected chi connectivity index (χ2v) is 7.14. The van der Waals surface area contributed by atoms with Crippen molar-refractivity contribution >= 4 is 18.3 Å². The summed E-state index contributed by atoms with van der Waals surface area (Å²) >= 11 is 0. The molecule has 5 heteroatoms. The van der Waals surface area contributed by atoms with Crippen LogP contribution in [0.2, 0.25) is 0 Å². The van der Waals surface area contributed by atoms with Crippen molar-refractivity contribution < 1.29 is 9.53 Å². The zero-order valence-corrected chi connectivity index (χ0v) is 17.4. The third-order valence-electron chi connectivity index (χ3n) is 4.92. The summed E-state index contributed by atoms with van der Waals surface area (Å²) in [6, 6.07) is 6.71. The lowest BCUT2D eigenvalue weighted by Crippen LogP contribution is -2.46. The summed E-state index contributed by atoms with van der Waals surface area (Å²) < 4.78 is 5.89. The zero-order chi connectivity index (χ0) is 18.1. The van der Waals surface area contributed by atoms with Gasteiger partial charge in [0.15, 0.2) is 0 Å². The Morgan fingerprint density at radius 2 is 1.96 bits per heavy atom. The summed E-state index contributed by atoms with van der Waals surface area (Å²) in [5.74, 6) is 1.29. The third-order valence-corrected chi connectivity index (χ3v) is 4.92. The van der Waals surface area contributed by atoms with Crippen LogP contribution in [-0.4, -0.2) is 43.1 Å². The minimum absolute atomic E-state index is 0. The number of nitrogens with zero attached hydrogens (tertiary/aromatic N) is 1. The second kappa shape index (κ2) is 12.2. The number of benzene rings is 1. The third kappa shape index (κ3) is 7.16. The first-order valence-corrected chi connectivity index (χ1v) is 9.82. The van der Waals surface area contributed by atoms with Gasteiger partial charge in [-0.3, -0.25) is 4.79 Å². The molecule has 148 valence electrons. The number of piperidine rings is 1. The largest absolute Gasteiger partial charge is 0.493 e. The van der Waals surface area contributed by atoms with Crippen molar-refractivity contribution in [3.05, 3.63) is 29.3 Å². The minimum atomic E-state index is 0. The standard InChI is InChI=1S/C21H34N2O2.ClH/c1-4-14-23(19-10-12-22-13-11-19)21(24)7-5-6-15-25-20-16-17(2)8-9-18(20)3;/h8-9,16,19,22H,4-7,10-15H2,1-3H3;1H. The van der Waals surface area contributed by atoms with E-state index in [0.717, 1.165) is 57.5 Å². The Bertz CT molecular complexity index is 545. The van der Waals surface area contributed by atoms with Gasteiger partial charge in [-0.2, -0.15) is 0 Å². The fourth-order valence-corrected chi connectivity index (χ4v) is 3.44. The molecule has 0 aliphatic carbocycles. The zero-order valence-electron chi connectivity index (χ0n) is 16.6. The first-order valence-electron chi connectivity index (χ1n) is 9.82. The quantitative estimate of drug-likeness (QED) is 0.648. The molecule has 1 N–H and O–H groups in total. The minimum Gasteiger partial charge on any atom is -0.493 e. The predicted molar refractivity (Wildman–Crippen MR) is 110 cm³/mol. The van der Waals surface area contributed by atoms with Crippen LogP contribution in [0.1, 0.15) is 56.6 Å². The lowest BCUT2D eigenvalue weighted by molar-refractivity contribution is -0.134. The molecular formula is C21H35ClN2O2. The summed E-state index contributed by atoms with van der Waals surface area (Å²) in [5.41, 5.74) is 2.38. The van der Waals surface area contributed by atoms with E-state index < -0.39 is 0 Å². The van der Waals surface area contributed by atoms with Gasteiger partial charge in [0, 0.05) is 19.0 Å². The fraction of sp³-hybridized carbons (Fsp3) is 0.667. The summed E-state index contributed by atoms with van der Waals surface area (Å²) in [4.78, 5) is 14.8. The van der Waals surface area contributed by atoms with Gasteiger partial charge in [-0.05, 0) is 76.2 Å². The Morgan fingerprint density at radius 3 is 2.65 bits per heavy atom. The number of amides is 1. The van der Waals surface area contributed by atoms with Crippen molar-refractivity contribution in [2.45, 2.75) is 65.3 Å². The Morgan fingerprint density at radius 1 is 1.23 bits per heavy atom. The number of carbonyl (C=O) groups excluding carboxylic acids is 1. The first kappa shape index (κ1) is 22.8. The Labute approximate surface area is 165 Å². The predicted octanol–water partition coefficient (Wildman–Crippen LogP) is 4.26. The molecule has 0 spiro atoms. The maximum Gasteiger partial charge on any atom is 0.222 e. The van der Waals surface area contributed by atoms with Crippen LogP contribution in [0.3, 0.4) is 0 Å². The average molecular weight is 383 g/mol. The molecule has 0 aromatic heterocycles. The van der Waals surface area contributed by atoms with Crippen molar-refractivity contribution in [1.29, 1.82) is 0 Å². The molecule has 1 fully saturated rings. The van der Waals surface area contributed by atoms with Gasteiger partial charge in [0.2, 0.25) is 5.91 Å². The fourth-order valence-electron chi connectivity index (χ4n) is 3.44. The molecule has 1 aromatic rings. The van der Waals surface area contributed by atoms with Gasteiger partial charge in [0.25, 0.3) is 0 Å². The molecular weight excluding hydrogens is 348 g/mol. The van der Waals surface area contributed by atoms with Gasteiger partial charge in [0.1, 0.15) is 5.75 Å². The number of aryl methyl sites for hydroxylation is 2. The number of unbranched alkanes of at least 4 members (excludes halogenated alkanes) is 1. The summed E-state index contributed by atoms with van der Waals surface area (Å²) in [6.07, 6.45) is 5.66. The smallest absolute Gasteiger partial charge is 0.222 e. The molecule has 0 saturated carbocycles. The van der Waals surface area contributed by atoms with Crippen molar-refractivity contribution in [3.63, 3.8) is 0 Å². The summed E-state index contributed by atoms with van der Waals surface area (Å²) in [5, 5.41) is 3.38. The topological polar surface area (TPSA) is 41.6 Å². The van der Waals surface area contributed by atoms with Crippen LogP contribution in [0.25, 0.3) is 0 Å². The number of carbonyl (C=O) groups is 1. The monoisotopic (exact) mass is 382 g/mol. The highest BCUT2D eigenvalue weighted by molar-refractivity contribution is 5.85. The first-order chi connectivity index (χ1) is 12.1. The Hall–Kier alpha value is -1.26. The lowest BCUT2D eigenvalue weighted by atomic mass is 10.0. The van der Waals surface area contributed by atoms with Crippen molar-refractivity contribution in [2.24, 2.45) is 0 Å². The molecule has 1 heterocycles. The van der Waals surface area contributed by atoms with E-state index in [1.165, 1.54) is 11.1 Å². The highest BCUT2D eigenvalue weighted by atomic mass is 35.5. The molecule has 1 aliphatic rings. The molecule has 2 rings (SSSR count). The van der Waals surface area contributed by atoms with E-state index in [4.69, 9.17) is 4.74 Å². The van der Waals surface area contributed by atoms with Crippen LogP contribution in [0.5, 0.6) is 5.75 Å². The number of ether oxygens (including phenoxy) is 1. The van der Waals surface area contributed by atoms with Gasteiger partial charge in [0.05, 0.1) is 6.61 Å². The van der Waals surface area contributed by atoms with Crippen molar-refractivity contribution in [3.8, 4) is 5.75 Å². The second-order valence-electron chi connectivity index (χ2n) is 7.14. The maximum atomic E-state index is 12.6. The van der Waals surface area contributed by atoms with Crippen molar-refractivity contribution in [2.75, 3.05) is 26.2 Å². The molecule has 0 radical (unpaired) electrons. The van der Waals surface area contributed by atoms with Gasteiger partial charge < -0.3 is 15.0 Å². The van der Waals surface area contributed by atoms with Crippen LogP contribution in [-0.2, 0) is 4.79 Å². The average Bonchev–Trinajstić information content (AvgIpc) is 2.62. The highest BCUT2D eigenvalue weighted by Gasteiger charge is 2.23. The van der Waals surface area contributed by atoms with E-state index in [0.29, 0.717) is 25.0 Å². The molecule has 0 unspecified atom stereocenters. The molecule has 1 saturated heterocycles. The Balaban J connectivity index is 0.00000338. The summed E-state index contributed by atoms with van der Waals surface area (Å²) in [7, 11) is 0. The number of hydrogen-bond acceptors (Lipinski definition) is 3. The number of rotatable bonds is 9. The Kier molecular flexibility index (Phi) is 10.7. The van der Waals surface area contributed by atoms with Crippen LogP contribution >= 0.6 is 12.4 Å². The molecule has 1 aliphatic heterocycles. The molecule has 4 nitrogen and oxygen atoms in total. The normalized spacial score (nSPS) is 14.6. The van der Waals surface area contributed by atoms with Crippen LogP contribution in [0.4, 0.5) is 0 Å². The van der Waals surface area contributed by atoms with E-state index in [2.05, 4.69) is 49.2 Å². The van der Waals surface area contributed by atoms with Gasteiger partial charge in [-0.1, -0.05) is 19.1 Å². The molecule has 26 heavy (non-hydrogen) atoms. The van der Waals surface area contributed by atoms with E-state index in [9.17, 15) is 4.79 Å². The van der Waals surface area contributed by atoms with Gasteiger partial charge in [-0.25, -0.2) is 0 Å². The van der Waals surface area contributed by atoms with Gasteiger partial charge in [-0.15, -0.1) is 12.4 Å². The number of halogens is 1.